The molecule has 0 aliphatic heterocycles. The lowest BCUT2D eigenvalue weighted by molar-refractivity contribution is 0.0864. The molecule has 0 saturated carbocycles. The van der Waals surface area contributed by atoms with Gasteiger partial charge in [0.15, 0.2) is 0 Å². The molecule has 0 bridgehead atoms. The first kappa shape index (κ1) is 13.1. The maximum Gasteiger partial charge on any atom is 0.108 e. The lowest BCUT2D eigenvalue weighted by Gasteiger charge is -2.18. The highest BCUT2D eigenvalue weighted by Crippen LogP contribution is 2.27. The summed E-state index contributed by atoms with van der Waals surface area (Å²) >= 11 is 6.03. The smallest absolute Gasteiger partial charge is 0.108 e. The molecule has 0 aliphatic rings. The van der Waals surface area contributed by atoms with Gasteiger partial charge in [0.25, 0.3) is 0 Å². The SMILES string of the molecule is NCCOC(c1ccccc1)c1cccc(Cl)c1. The summed E-state index contributed by atoms with van der Waals surface area (Å²) in [6, 6.07) is 17.8. The number of benzene rings is 2. The minimum Gasteiger partial charge on any atom is -0.367 e. The van der Waals surface area contributed by atoms with Gasteiger partial charge in [-0.25, -0.2) is 0 Å². The molecule has 0 heterocycles. The Morgan fingerprint density at radius 2 is 1.72 bits per heavy atom. The molecule has 2 aromatic rings. The zero-order valence-corrected chi connectivity index (χ0v) is 10.8. The van der Waals surface area contributed by atoms with Gasteiger partial charge in [0.2, 0.25) is 0 Å². The third kappa shape index (κ3) is 3.33. The maximum atomic E-state index is 6.03. The van der Waals surface area contributed by atoms with E-state index in [1.54, 1.807) is 0 Å². The molecule has 2 rings (SSSR count). The van der Waals surface area contributed by atoms with Crippen molar-refractivity contribution in [1.29, 1.82) is 0 Å². The van der Waals surface area contributed by atoms with Gasteiger partial charge in [0.05, 0.1) is 6.61 Å². The van der Waals surface area contributed by atoms with Gasteiger partial charge in [-0.15, -0.1) is 0 Å². The summed E-state index contributed by atoms with van der Waals surface area (Å²) in [6.45, 7) is 1.02. The topological polar surface area (TPSA) is 35.2 Å². The molecular formula is C15H16ClNO. The average Bonchev–Trinajstić information content (AvgIpc) is 2.40. The van der Waals surface area contributed by atoms with Crippen LogP contribution >= 0.6 is 11.6 Å². The summed E-state index contributed by atoms with van der Waals surface area (Å²) in [5.74, 6) is 0. The fourth-order valence-corrected chi connectivity index (χ4v) is 2.07. The van der Waals surface area contributed by atoms with Crippen LogP contribution in [0.25, 0.3) is 0 Å². The van der Waals surface area contributed by atoms with E-state index in [-0.39, 0.29) is 6.10 Å². The quantitative estimate of drug-likeness (QED) is 0.895. The Morgan fingerprint density at radius 3 is 2.39 bits per heavy atom. The van der Waals surface area contributed by atoms with Crippen molar-refractivity contribution in [2.24, 2.45) is 5.73 Å². The van der Waals surface area contributed by atoms with Crippen LogP contribution in [0.15, 0.2) is 54.6 Å². The highest BCUT2D eigenvalue weighted by Gasteiger charge is 2.14. The van der Waals surface area contributed by atoms with Crippen molar-refractivity contribution in [3.05, 3.63) is 70.7 Å². The fraction of sp³-hybridized carbons (Fsp3) is 0.200. The molecule has 0 aliphatic carbocycles. The Balaban J connectivity index is 2.31. The van der Waals surface area contributed by atoms with Crippen LogP contribution < -0.4 is 5.73 Å². The normalized spacial score (nSPS) is 12.3. The molecule has 0 fully saturated rings. The summed E-state index contributed by atoms with van der Waals surface area (Å²) in [4.78, 5) is 0. The van der Waals surface area contributed by atoms with Gasteiger partial charge in [0.1, 0.15) is 6.10 Å². The van der Waals surface area contributed by atoms with E-state index in [1.165, 1.54) is 0 Å². The monoisotopic (exact) mass is 261 g/mol. The first-order chi connectivity index (χ1) is 8.81. The highest BCUT2D eigenvalue weighted by molar-refractivity contribution is 6.30. The number of halogens is 1. The summed E-state index contributed by atoms with van der Waals surface area (Å²) in [5.41, 5.74) is 7.66. The van der Waals surface area contributed by atoms with Crippen molar-refractivity contribution in [3.63, 3.8) is 0 Å². The molecule has 0 aromatic heterocycles. The van der Waals surface area contributed by atoms with E-state index < -0.39 is 0 Å². The molecule has 3 heteroatoms. The van der Waals surface area contributed by atoms with Crippen LogP contribution in [0.4, 0.5) is 0 Å². The van der Waals surface area contributed by atoms with E-state index >= 15 is 0 Å². The second kappa shape index (κ2) is 6.55. The van der Waals surface area contributed by atoms with Crippen LogP contribution in [0, 0.1) is 0 Å². The van der Waals surface area contributed by atoms with Crippen LogP contribution in [0.1, 0.15) is 17.2 Å². The Hall–Kier alpha value is -1.35. The minimum absolute atomic E-state index is 0.117. The molecule has 2 N–H and O–H groups in total. The molecule has 94 valence electrons. The fourth-order valence-electron chi connectivity index (χ4n) is 1.87. The number of hydrogen-bond donors (Lipinski definition) is 1. The summed E-state index contributed by atoms with van der Waals surface area (Å²) in [6.07, 6.45) is -0.117. The molecule has 0 amide bonds. The Morgan fingerprint density at radius 1 is 1.00 bits per heavy atom. The van der Waals surface area contributed by atoms with E-state index in [2.05, 4.69) is 0 Å². The van der Waals surface area contributed by atoms with Gasteiger partial charge in [0, 0.05) is 11.6 Å². The molecule has 0 spiro atoms. The van der Waals surface area contributed by atoms with Crippen LogP contribution in [-0.4, -0.2) is 13.2 Å². The van der Waals surface area contributed by atoms with Crippen molar-refractivity contribution in [1.82, 2.24) is 0 Å². The third-order valence-electron chi connectivity index (χ3n) is 2.66. The second-order valence-electron chi connectivity index (χ2n) is 4.01. The Bertz CT molecular complexity index is 487. The van der Waals surface area contributed by atoms with Gasteiger partial charge in [-0.05, 0) is 23.3 Å². The van der Waals surface area contributed by atoms with Gasteiger partial charge in [-0.3, -0.25) is 0 Å². The van der Waals surface area contributed by atoms with Crippen molar-refractivity contribution < 1.29 is 4.74 Å². The first-order valence-corrected chi connectivity index (χ1v) is 6.31. The van der Waals surface area contributed by atoms with E-state index in [0.29, 0.717) is 18.2 Å². The number of ether oxygens (including phenoxy) is 1. The van der Waals surface area contributed by atoms with Crippen molar-refractivity contribution in [2.75, 3.05) is 13.2 Å². The standard InChI is InChI=1S/C15H16ClNO/c16-14-8-4-7-13(11-14)15(18-10-9-17)12-5-2-1-3-6-12/h1-8,11,15H,9-10,17H2. The molecule has 0 radical (unpaired) electrons. The van der Waals surface area contributed by atoms with E-state index in [1.807, 2.05) is 54.6 Å². The summed E-state index contributed by atoms with van der Waals surface area (Å²) in [7, 11) is 0. The highest BCUT2D eigenvalue weighted by atomic mass is 35.5. The summed E-state index contributed by atoms with van der Waals surface area (Å²) in [5, 5.41) is 0.713. The van der Waals surface area contributed by atoms with Crippen LogP contribution in [0.5, 0.6) is 0 Å². The zero-order chi connectivity index (χ0) is 12.8. The number of hydrogen-bond acceptors (Lipinski definition) is 2. The first-order valence-electron chi connectivity index (χ1n) is 5.93. The lowest BCUT2D eigenvalue weighted by atomic mass is 10.0. The number of rotatable bonds is 5. The molecule has 0 saturated heterocycles. The van der Waals surface area contributed by atoms with E-state index in [9.17, 15) is 0 Å². The maximum absolute atomic E-state index is 6.03. The lowest BCUT2D eigenvalue weighted by Crippen LogP contribution is -2.13. The van der Waals surface area contributed by atoms with Gasteiger partial charge >= 0.3 is 0 Å². The second-order valence-corrected chi connectivity index (χ2v) is 4.44. The van der Waals surface area contributed by atoms with Crippen molar-refractivity contribution >= 4 is 11.6 Å². The predicted molar refractivity (Wildman–Crippen MR) is 74.7 cm³/mol. The Labute approximate surface area is 112 Å². The minimum atomic E-state index is -0.117. The number of nitrogens with two attached hydrogens (primary N) is 1. The molecule has 18 heavy (non-hydrogen) atoms. The van der Waals surface area contributed by atoms with Gasteiger partial charge in [-0.2, -0.15) is 0 Å². The summed E-state index contributed by atoms with van der Waals surface area (Å²) < 4.78 is 5.83. The molecule has 1 atom stereocenters. The largest absolute Gasteiger partial charge is 0.367 e. The van der Waals surface area contributed by atoms with Gasteiger partial charge in [-0.1, -0.05) is 54.1 Å². The molecule has 2 nitrogen and oxygen atoms in total. The van der Waals surface area contributed by atoms with Crippen LogP contribution in [0.2, 0.25) is 5.02 Å². The molecule has 1 unspecified atom stereocenters. The average molecular weight is 262 g/mol. The van der Waals surface area contributed by atoms with Crippen molar-refractivity contribution in [3.8, 4) is 0 Å². The van der Waals surface area contributed by atoms with E-state index in [4.69, 9.17) is 22.1 Å². The third-order valence-corrected chi connectivity index (χ3v) is 2.89. The van der Waals surface area contributed by atoms with Crippen molar-refractivity contribution in [2.45, 2.75) is 6.10 Å². The van der Waals surface area contributed by atoms with Crippen LogP contribution in [0.3, 0.4) is 0 Å². The van der Waals surface area contributed by atoms with E-state index in [0.717, 1.165) is 11.1 Å². The van der Waals surface area contributed by atoms with Crippen LogP contribution in [-0.2, 0) is 4.74 Å². The Kier molecular flexibility index (Phi) is 4.76. The van der Waals surface area contributed by atoms with Gasteiger partial charge < -0.3 is 10.5 Å². The molecule has 2 aromatic carbocycles. The zero-order valence-electron chi connectivity index (χ0n) is 10.1. The predicted octanol–water partition coefficient (Wildman–Crippen LogP) is 3.40. The molecular weight excluding hydrogens is 246 g/mol.